The van der Waals surface area contributed by atoms with Crippen LogP contribution in [0.3, 0.4) is 0 Å². The van der Waals surface area contributed by atoms with Crippen molar-refractivity contribution in [3.8, 4) is 0 Å². The Balaban J connectivity index is 2.47. The molecule has 0 N–H and O–H groups in total. The van der Waals surface area contributed by atoms with Gasteiger partial charge >= 0.3 is 0 Å². The van der Waals surface area contributed by atoms with Gasteiger partial charge in [0, 0.05) is 25.4 Å². The van der Waals surface area contributed by atoms with Crippen molar-refractivity contribution in [2.24, 2.45) is 0 Å². The number of fused-ring (bicyclic) bond motifs is 1. The van der Waals surface area contributed by atoms with E-state index in [1.165, 1.54) is 5.56 Å². The predicted octanol–water partition coefficient (Wildman–Crippen LogP) is 1.96. The minimum atomic E-state index is 0.0328. The molecule has 1 aliphatic rings. The molecule has 2 heterocycles. The molecule has 2 rings (SSSR count). The molecule has 0 aliphatic carbocycles. The van der Waals surface area contributed by atoms with Crippen LogP contribution in [0.1, 0.15) is 42.4 Å². The monoisotopic (exact) mass is 204 g/mol. The van der Waals surface area contributed by atoms with Crippen molar-refractivity contribution in [2.45, 2.75) is 32.7 Å². The summed E-state index contributed by atoms with van der Waals surface area (Å²) < 4.78 is 0. The van der Waals surface area contributed by atoms with Crippen LogP contribution in [0.5, 0.6) is 0 Å². The average molecular weight is 204 g/mol. The van der Waals surface area contributed by atoms with E-state index in [1.807, 2.05) is 6.20 Å². The molecule has 0 radical (unpaired) electrons. The van der Waals surface area contributed by atoms with Crippen LogP contribution in [-0.4, -0.2) is 22.8 Å². The quantitative estimate of drug-likeness (QED) is 0.647. The van der Waals surface area contributed by atoms with Gasteiger partial charge in [0.2, 0.25) is 0 Å². The summed E-state index contributed by atoms with van der Waals surface area (Å²) in [6.07, 6.45) is 1.82. The fourth-order valence-electron chi connectivity index (χ4n) is 1.74. The highest BCUT2D eigenvalue weighted by Crippen LogP contribution is 2.26. The van der Waals surface area contributed by atoms with Gasteiger partial charge in [0.05, 0.1) is 0 Å². The third-order valence-corrected chi connectivity index (χ3v) is 2.79. The molecule has 0 unspecified atom stereocenters. The first kappa shape index (κ1) is 10.1. The number of carbonyl (C=O) groups excluding carboxylic acids is 1. The molecule has 3 nitrogen and oxygen atoms in total. The Morgan fingerprint density at radius 2 is 2.07 bits per heavy atom. The number of carbonyl (C=O) groups is 1. The standard InChI is InChI=1S/C12H16N2O/c1-12(2,3)9-5-8-7-14(4)11(15)10(8)13-6-9/h5-6H,7H2,1-4H3. The van der Waals surface area contributed by atoms with Gasteiger partial charge < -0.3 is 4.90 Å². The van der Waals surface area contributed by atoms with Crippen LogP contribution in [0, 0.1) is 0 Å². The lowest BCUT2D eigenvalue weighted by Crippen LogP contribution is -2.18. The van der Waals surface area contributed by atoms with Crippen molar-refractivity contribution in [3.63, 3.8) is 0 Å². The Morgan fingerprint density at radius 3 is 2.67 bits per heavy atom. The van der Waals surface area contributed by atoms with Gasteiger partial charge in [-0.2, -0.15) is 0 Å². The number of aromatic nitrogens is 1. The number of hydrogen-bond donors (Lipinski definition) is 0. The van der Waals surface area contributed by atoms with Gasteiger partial charge in [-0.05, 0) is 17.0 Å². The first-order valence-corrected chi connectivity index (χ1v) is 5.14. The maximum atomic E-state index is 11.6. The molecule has 0 fully saturated rings. The van der Waals surface area contributed by atoms with Gasteiger partial charge in [-0.1, -0.05) is 20.8 Å². The average Bonchev–Trinajstić information content (AvgIpc) is 2.41. The molecule has 1 aliphatic heterocycles. The van der Waals surface area contributed by atoms with Crippen LogP contribution in [0.15, 0.2) is 12.3 Å². The summed E-state index contributed by atoms with van der Waals surface area (Å²) in [5.74, 6) is 0.0328. The Hall–Kier alpha value is -1.38. The van der Waals surface area contributed by atoms with Crippen LogP contribution < -0.4 is 0 Å². The summed E-state index contributed by atoms with van der Waals surface area (Å²) in [5, 5.41) is 0. The van der Waals surface area contributed by atoms with Gasteiger partial charge in [-0.3, -0.25) is 9.78 Å². The van der Waals surface area contributed by atoms with Crippen molar-refractivity contribution in [3.05, 3.63) is 29.1 Å². The maximum absolute atomic E-state index is 11.6. The lowest BCUT2D eigenvalue weighted by Gasteiger charge is -2.18. The molecule has 1 aromatic rings. The van der Waals surface area contributed by atoms with E-state index in [2.05, 4.69) is 31.8 Å². The summed E-state index contributed by atoms with van der Waals surface area (Å²) in [5.41, 5.74) is 2.94. The molecule has 0 atom stereocenters. The number of rotatable bonds is 0. The van der Waals surface area contributed by atoms with Crippen LogP contribution in [-0.2, 0) is 12.0 Å². The van der Waals surface area contributed by atoms with Crippen LogP contribution in [0.25, 0.3) is 0 Å². The van der Waals surface area contributed by atoms with Crippen LogP contribution >= 0.6 is 0 Å². The van der Waals surface area contributed by atoms with Crippen molar-refractivity contribution in [1.82, 2.24) is 9.88 Å². The fourth-order valence-corrected chi connectivity index (χ4v) is 1.74. The normalized spacial score (nSPS) is 15.7. The van der Waals surface area contributed by atoms with Crippen molar-refractivity contribution in [1.29, 1.82) is 0 Å². The first-order valence-electron chi connectivity index (χ1n) is 5.14. The highest BCUT2D eigenvalue weighted by atomic mass is 16.2. The summed E-state index contributed by atoms with van der Waals surface area (Å²) >= 11 is 0. The molecule has 1 amide bonds. The van der Waals surface area contributed by atoms with E-state index < -0.39 is 0 Å². The van der Waals surface area contributed by atoms with E-state index in [0.717, 1.165) is 5.56 Å². The number of nitrogens with zero attached hydrogens (tertiary/aromatic N) is 2. The third-order valence-electron chi connectivity index (χ3n) is 2.79. The van der Waals surface area contributed by atoms with Gasteiger partial charge in [0.15, 0.2) is 0 Å². The minimum absolute atomic E-state index is 0.0328. The van der Waals surface area contributed by atoms with E-state index in [0.29, 0.717) is 12.2 Å². The SMILES string of the molecule is CN1Cc2cc(C(C)(C)C)cnc2C1=O. The fraction of sp³-hybridized carbons (Fsp3) is 0.500. The second kappa shape index (κ2) is 3.05. The smallest absolute Gasteiger partial charge is 0.272 e. The Morgan fingerprint density at radius 1 is 1.40 bits per heavy atom. The molecule has 0 spiro atoms. The van der Waals surface area contributed by atoms with E-state index in [1.54, 1.807) is 11.9 Å². The van der Waals surface area contributed by atoms with E-state index in [-0.39, 0.29) is 11.3 Å². The maximum Gasteiger partial charge on any atom is 0.272 e. The van der Waals surface area contributed by atoms with Gasteiger partial charge in [0.1, 0.15) is 5.69 Å². The molecule has 0 bridgehead atoms. The molecular weight excluding hydrogens is 188 g/mol. The first-order chi connectivity index (χ1) is 6.89. The van der Waals surface area contributed by atoms with Gasteiger partial charge in [-0.15, -0.1) is 0 Å². The van der Waals surface area contributed by atoms with Crippen molar-refractivity contribution >= 4 is 5.91 Å². The summed E-state index contributed by atoms with van der Waals surface area (Å²) in [7, 11) is 1.81. The second-order valence-electron chi connectivity index (χ2n) is 5.14. The lowest BCUT2D eigenvalue weighted by atomic mass is 9.87. The molecular formula is C12H16N2O. The van der Waals surface area contributed by atoms with Gasteiger partial charge in [0.25, 0.3) is 5.91 Å². The summed E-state index contributed by atoms with van der Waals surface area (Å²) in [4.78, 5) is 17.6. The topological polar surface area (TPSA) is 33.2 Å². The largest absolute Gasteiger partial charge is 0.336 e. The number of amides is 1. The summed E-state index contributed by atoms with van der Waals surface area (Å²) in [6, 6.07) is 2.10. The van der Waals surface area contributed by atoms with E-state index in [4.69, 9.17) is 0 Å². The van der Waals surface area contributed by atoms with Crippen LogP contribution in [0.4, 0.5) is 0 Å². The third kappa shape index (κ3) is 1.62. The number of pyridine rings is 1. The van der Waals surface area contributed by atoms with E-state index >= 15 is 0 Å². The zero-order chi connectivity index (χ0) is 11.2. The van der Waals surface area contributed by atoms with Crippen molar-refractivity contribution < 1.29 is 4.79 Å². The van der Waals surface area contributed by atoms with Crippen LogP contribution in [0.2, 0.25) is 0 Å². The second-order valence-corrected chi connectivity index (χ2v) is 5.14. The van der Waals surface area contributed by atoms with E-state index in [9.17, 15) is 4.79 Å². The Bertz CT molecular complexity index is 418. The number of hydrogen-bond acceptors (Lipinski definition) is 2. The Kier molecular flexibility index (Phi) is 2.07. The highest BCUT2D eigenvalue weighted by Gasteiger charge is 2.27. The zero-order valence-corrected chi connectivity index (χ0v) is 9.66. The molecule has 3 heteroatoms. The molecule has 0 aromatic carbocycles. The lowest BCUT2D eigenvalue weighted by molar-refractivity contribution is 0.0812. The molecule has 15 heavy (non-hydrogen) atoms. The summed E-state index contributed by atoms with van der Waals surface area (Å²) in [6.45, 7) is 7.13. The van der Waals surface area contributed by atoms with Crippen molar-refractivity contribution in [2.75, 3.05) is 7.05 Å². The minimum Gasteiger partial charge on any atom is -0.336 e. The molecule has 1 aromatic heterocycles. The highest BCUT2D eigenvalue weighted by molar-refractivity contribution is 5.96. The molecule has 0 saturated heterocycles. The molecule has 80 valence electrons. The Labute approximate surface area is 90.1 Å². The van der Waals surface area contributed by atoms with Gasteiger partial charge in [-0.25, -0.2) is 0 Å². The molecule has 0 saturated carbocycles. The predicted molar refractivity (Wildman–Crippen MR) is 58.7 cm³/mol. The zero-order valence-electron chi connectivity index (χ0n) is 9.66.